The van der Waals surface area contributed by atoms with Crippen molar-refractivity contribution in [2.24, 2.45) is 5.92 Å². The maximum absolute atomic E-state index is 12.0. The Hall–Kier alpha value is -1.47. The second-order valence-corrected chi connectivity index (χ2v) is 7.72. The third-order valence-corrected chi connectivity index (χ3v) is 5.63. The summed E-state index contributed by atoms with van der Waals surface area (Å²) in [5, 5.41) is 7.02. The number of carbonyl (C=O) groups excluding carboxylic acids is 1. The Morgan fingerprint density at radius 1 is 1.24 bits per heavy atom. The van der Waals surface area contributed by atoms with Crippen LogP contribution in [-0.4, -0.2) is 59.3 Å². The summed E-state index contributed by atoms with van der Waals surface area (Å²) in [6, 6.07) is 0.444. The van der Waals surface area contributed by atoms with Gasteiger partial charge in [-0.1, -0.05) is 5.16 Å². The van der Waals surface area contributed by atoms with Crippen LogP contribution in [0.3, 0.4) is 0 Å². The van der Waals surface area contributed by atoms with Crippen molar-refractivity contribution in [2.75, 3.05) is 26.2 Å². The van der Waals surface area contributed by atoms with Crippen LogP contribution in [0.4, 0.5) is 0 Å². The SMILES string of the molecule is Cc1noc([C@@H]2CCCO[C@H]2C2CCN(CC(=O)NC3CC3)CC2)n1. The summed E-state index contributed by atoms with van der Waals surface area (Å²) in [6.45, 7) is 5.12. The minimum Gasteiger partial charge on any atom is -0.377 e. The molecule has 4 rings (SSSR count). The first-order chi connectivity index (χ1) is 12.2. The molecule has 1 aliphatic carbocycles. The molecule has 3 fully saturated rings. The lowest BCUT2D eigenvalue weighted by Gasteiger charge is -2.40. The van der Waals surface area contributed by atoms with E-state index in [9.17, 15) is 4.79 Å². The van der Waals surface area contributed by atoms with Crippen molar-refractivity contribution in [2.45, 2.75) is 63.5 Å². The molecule has 0 unspecified atom stereocenters. The second kappa shape index (κ2) is 7.41. The predicted octanol–water partition coefficient (Wildman–Crippen LogP) is 1.63. The van der Waals surface area contributed by atoms with Crippen LogP contribution in [-0.2, 0) is 9.53 Å². The van der Waals surface area contributed by atoms with Gasteiger partial charge in [0.05, 0.1) is 18.6 Å². The Kier molecular flexibility index (Phi) is 5.03. The van der Waals surface area contributed by atoms with E-state index in [1.54, 1.807) is 0 Å². The summed E-state index contributed by atoms with van der Waals surface area (Å²) in [5.74, 6) is 2.31. The van der Waals surface area contributed by atoms with Gasteiger partial charge in [-0.3, -0.25) is 9.69 Å². The molecule has 1 aromatic heterocycles. The van der Waals surface area contributed by atoms with Crippen LogP contribution in [0.2, 0.25) is 0 Å². The van der Waals surface area contributed by atoms with Crippen LogP contribution in [0.25, 0.3) is 0 Å². The van der Waals surface area contributed by atoms with Gasteiger partial charge >= 0.3 is 0 Å². The van der Waals surface area contributed by atoms with E-state index in [1.807, 2.05) is 6.92 Å². The van der Waals surface area contributed by atoms with Crippen molar-refractivity contribution in [3.8, 4) is 0 Å². The lowest BCUT2D eigenvalue weighted by molar-refractivity contribution is -0.123. The average Bonchev–Trinajstić information content (AvgIpc) is 3.33. The molecular weight excluding hydrogens is 320 g/mol. The Balaban J connectivity index is 1.31. The molecule has 0 radical (unpaired) electrons. The molecule has 0 spiro atoms. The highest BCUT2D eigenvalue weighted by molar-refractivity contribution is 5.78. The number of likely N-dealkylation sites (tertiary alicyclic amines) is 1. The Bertz CT molecular complexity index is 593. The van der Waals surface area contributed by atoms with Crippen LogP contribution >= 0.6 is 0 Å². The molecule has 7 heteroatoms. The normalized spacial score (nSPS) is 28.8. The zero-order valence-corrected chi connectivity index (χ0v) is 14.9. The highest BCUT2D eigenvalue weighted by Gasteiger charge is 2.38. The topological polar surface area (TPSA) is 80.5 Å². The van der Waals surface area contributed by atoms with E-state index in [1.165, 1.54) is 0 Å². The first-order valence-corrected chi connectivity index (χ1v) is 9.62. The van der Waals surface area contributed by atoms with E-state index in [0.29, 0.717) is 24.3 Å². The lowest BCUT2D eigenvalue weighted by atomic mass is 9.80. The third-order valence-electron chi connectivity index (χ3n) is 5.63. The van der Waals surface area contributed by atoms with Gasteiger partial charge in [-0.15, -0.1) is 0 Å². The van der Waals surface area contributed by atoms with E-state index in [0.717, 1.165) is 64.1 Å². The number of ether oxygens (including phenoxy) is 1. The first kappa shape index (κ1) is 17.0. The van der Waals surface area contributed by atoms with Crippen molar-refractivity contribution in [3.05, 3.63) is 11.7 Å². The number of hydrogen-bond donors (Lipinski definition) is 1. The standard InChI is InChI=1S/C18H28N4O3/c1-12-19-18(25-21-12)15-3-2-10-24-17(15)13-6-8-22(9-7-13)11-16(23)20-14-4-5-14/h13-15,17H,2-11H2,1H3,(H,20,23)/t15-,17+/m1/s1. The van der Waals surface area contributed by atoms with Crippen LogP contribution in [0.1, 0.15) is 56.2 Å². The summed E-state index contributed by atoms with van der Waals surface area (Å²) in [4.78, 5) is 18.7. The van der Waals surface area contributed by atoms with Gasteiger partial charge in [0, 0.05) is 12.6 Å². The Labute approximate surface area is 148 Å². The van der Waals surface area contributed by atoms with E-state index >= 15 is 0 Å². The fourth-order valence-corrected chi connectivity index (χ4v) is 4.14. The maximum Gasteiger partial charge on any atom is 0.234 e. The highest BCUT2D eigenvalue weighted by atomic mass is 16.5. The number of hydrogen-bond acceptors (Lipinski definition) is 6. The van der Waals surface area contributed by atoms with Crippen LogP contribution in [0.15, 0.2) is 4.52 Å². The van der Waals surface area contributed by atoms with Crippen molar-refractivity contribution in [3.63, 3.8) is 0 Å². The maximum atomic E-state index is 12.0. The van der Waals surface area contributed by atoms with Gasteiger partial charge < -0.3 is 14.6 Å². The smallest absolute Gasteiger partial charge is 0.234 e. The molecule has 1 saturated carbocycles. The molecular formula is C18H28N4O3. The molecule has 138 valence electrons. The minimum atomic E-state index is 0.163. The molecule has 3 aliphatic rings. The first-order valence-electron chi connectivity index (χ1n) is 9.62. The van der Waals surface area contributed by atoms with Gasteiger partial charge in [-0.25, -0.2) is 0 Å². The zero-order chi connectivity index (χ0) is 17.2. The minimum absolute atomic E-state index is 0.163. The Morgan fingerprint density at radius 3 is 2.72 bits per heavy atom. The number of nitrogens with zero attached hydrogens (tertiary/aromatic N) is 3. The van der Waals surface area contributed by atoms with E-state index in [4.69, 9.17) is 9.26 Å². The molecule has 25 heavy (non-hydrogen) atoms. The van der Waals surface area contributed by atoms with Crippen LogP contribution < -0.4 is 5.32 Å². The van der Waals surface area contributed by atoms with Gasteiger partial charge in [0.1, 0.15) is 0 Å². The van der Waals surface area contributed by atoms with Gasteiger partial charge in [-0.05, 0) is 64.5 Å². The van der Waals surface area contributed by atoms with Gasteiger partial charge in [0.25, 0.3) is 0 Å². The quantitative estimate of drug-likeness (QED) is 0.871. The third kappa shape index (κ3) is 4.20. The fraction of sp³-hybridized carbons (Fsp3) is 0.833. The van der Waals surface area contributed by atoms with Gasteiger partial charge in [0.15, 0.2) is 5.82 Å². The lowest BCUT2D eigenvalue weighted by Crippen LogP contribution is -2.45. The second-order valence-electron chi connectivity index (χ2n) is 7.72. The van der Waals surface area contributed by atoms with Crippen LogP contribution in [0.5, 0.6) is 0 Å². The largest absolute Gasteiger partial charge is 0.377 e. The van der Waals surface area contributed by atoms with E-state index in [2.05, 4.69) is 20.4 Å². The summed E-state index contributed by atoms with van der Waals surface area (Å²) in [6.07, 6.45) is 6.66. The number of aryl methyl sites for hydroxylation is 1. The zero-order valence-electron chi connectivity index (χ0n) is 14.9. The predicted molar refractivity (Wildman–Crippen MR) is 91.1 cm³/mol. The van der Waals surface area contributed by atoms with Crippen molar-refractivity contribution >= 4 is 5.91 Å². The Morgan fingerprint density at radius 2 is 2.04 bits per heavy atom. The molecule has 2 atom stereocenters. The number of aromatic nitrogens is 2. The number of nitrogens with one attached hydrogen (secondary N) is 1. The van der Waals surface area contributed by atoms with Crippen molar-refractivity contribution in [1.82, 2.24) is 20.4 Å². The number of rotatable bonds is 5. The summed E-state index contributed by atoms with van der Waals surface area (Å²) in [5.41, 5.74) is 0. The number of carbonyl (C=O) groups is 1. The monoisotopic (exact) mass is 348 g/mol. The molecule has 2 saturated heterocycles. The molecule has 3 heterocycles. The molecule has 2 aliphatic heterocycles. The van der Waals surface area contributed by atoms with Crippen molar-refractivity contribution < 1.29 is 14.1 Å². The van der Waals surface area contributed by atoms with Crippen molar-refractivity contribution in [1.29, 1.82) is 0 Å². The average molecular weight is 348 g/mol. The molecule has 1 aromatic rings. The number of amides is 1. The molecule has 1 amide bonds. The summed E-state index contributed by atoms with van der Waals surface area (Å²) in [7, 11) is 0. The summed E-state index contributed by atoms with van der Waals surface area (Å²) >= 11 is 0. The molecule has 0 bridgehead atoms. The fourth-order valence-electron chi connectivity index (χ4n) is 4.14. The summed E-state index contributed by atoms with van der Waals surface area (Å²) < 4.78 is 11.6. The molecule has 0 aromatic carbocycles. The van der Waals surface area contributed by atoms with E-state index < -0.39 is 0 Å². The highest BCUT2D eigenvalue weighted by Crippen LogP contribution is 2.37. The van der Waals surface area contributed by atoms with Crippen LogP contribution in [0, 0.1) is 12.8 Å². The van der Waals surface area contributed by atoms with Gasteiger partial charge in [0.2, 0.25) is 11.8 Å². The number of piperidine rings is 1. The molecule has 7 nitrogen and oxygen atoms in total. The van der Waals surface area contributed by atoms with E-state index in [-0.39, 0.29) is 17.9 Å². The molecule has 1 N–H and O–H groups in total. The van der Waals surface area contributed by atoms with Gasteiger partial charge in [-0.2, -0.15) is 4.98 Å².